The zero-order valence-corrected chi connectivity index (χ0v) is 35.3. The van der Waals surface area contributed by atoms with Crippen LogP contribution in [-0.4, -0.2) is 89.7 Å². The molecule has 1 saturated carbocycles. The number of ether oxygens (including phenoxy) is 2. The number of methoxy groups -OCH3 is 1. The minimum atomic E-state index is -0.796. The number of carbonyl (C=O) groups is 5. The first-order valence-electron chi connectivity index (χ1n) is 20.2. The second-order valence-corrected chi connectivity index (χ2v) is 17.2. The van der Waals surface area contributed by atoms with Crippen LogP contribution in [0.1, 0.15) is 126 Å². The zero-order chi connectivity index (χ0) is 40.4. The highest BCUT2D eigenvalue weighted by Gasteiger charge is 2.42. The number of carbonyl (C=O) groups excluding carboxylic acids is 5. The number of nitrogens with one attached hydrogen (secondary N) is 1. The number of piperidine rings is 1. The zero-order valence-electron chi connectivity index (χ0n) is 34.5. The third kappa shape index (κ3) is 12.4. The van der Waals surface area contributed by atoms with Crippen LogP contribution in [0, 0.1) is 36.5 Å². The van der Waals surface area contributed by atoms with Crippen LogP contribution in [-0.2, 0) is 35.1 Å². The van der Waals surface area contributed by atoms with Crippen molar-refractivity contribution in [3.8, 4) is 0 Å². The summed E-state index contributed by atoms with van der Waals surface area (Å²) in [5.41, 5.74) is 2.33. The number of rotatable bonds is 20. The van der Waals surface area contributed by atoms with Gasteiger partial charge in [-0.15, -0.1) is 11.3 Å². The molecule has 11 nitrogen and oxygen atoms in total. The molecule has 2 fully saturated rings. The number of ketones is 1. The van der Waals surface area contributed by atoms with E-state index in [-0.39, 0.29) is 66.2 Å². The van der Waals surface area contributed by atoms with E-state index in [1.165, 1.54) is 25.4 Å². The van der Waals surface area contributed by atoms with E-state index in [1.54, 1.807) is 24.3 Å². The molecule has 1 aliphatic carbocycles. The summed E-state index contributed by atoms with van der Waals surface area (Å²) in [6.07, 6.45) is 5.72. The summed E-state index contributed by atoms with van der Waals surface area (Å²) in [5, 5.41) is 5.19. The number of hydrogen-bond acceptors (Lipinski definition) is 10. The summed E-state index contributed by atoms with van der Waals surface area (Å²) < 4.78 is 10.8. The van der Waals surface area contributed by atoms with Crippen molar-refractivity contribution in [2.45, 2.75) is 130 Å². The van der Waals surface area contributed by atoms with Crippen LogP contribution in [0.25, 0.3) is 0 Å². The average molecular weight is 781 g/mol. The Hall–Kier alpha value is -3.64. The maximum absolute atomic E-state index is 14.5. The fourth-order valence-corrected chi connectivity index (χ4v) is 9.02. The standard InChI is InChI=1S/C43H64N4O7S/c1-10-47-20-12-11-13-36(47)38(49)23-34(29(6)32-18-19-32)42(51)46(8)37(26(2)3)24-39(54-30(7)48)41-45-35(25-55-41)40(50)44-33(21-28(5)43(52)53-9)22-31-16-14-27(4)15-17-31/h14-17,25-26,28-29,32-34,36-37,39H,10-13,18-24H2,1-9H3,(H,44,50)/t28-,29-,33+,34-,36+,37+,39+/m0/s1. The lowest BCUT2D eigenvalue weighted by Gasteiger charge is -2.38. The maximum atomic E-state index is 14.5. The molecule has 2 aromatic rings. The van der Waals surface area contributed by atoms with E-state index in [0.717, 1.165) is 56.3 Å². The quantitative estimate of drug-likeness (QED) is 0.142. The van der Waals surface area contributed by atoms with Gasteiger partial charge in [0.25, 0.3) is 5.91 Å². The normalized spacial score (nSPS) is 19.4. The van der Waals surface area contributed by atoms with Gasteiger partial charge in [-0.2, -0.15) is 0 Å². The monoisotopic (exact) mass is 780 g/mol. The van der Waals surface area contributed by atoms with E-state index in [4.69, 9.17) is 9.47 Å². The number of aromatic nitrogens is 1. The van der Waals surface area contributed by atoms with Gasteiger partial charge in [-0.1, -0.05) is 70.9 Å². The molecule has 1 aromatic heterocycles. The van der Waals surface area contributed by atoms with Gasteiger partial charge in [0.05, 0.1) is 19.1 Å². The number of likely N-dealkylation sites (N-methyl/N-ethyl adjacent to an activating group) is 1. The Morgan fingerprint density at radius 1 is 1.02 bits per heavy atom. The predicted octanol–water partition coefficient (Wildman–Crippen LogP) is 6.97. The maximum Gasteiger partial charge on any atom is 0.308 e. The molecule has 0 bridgehead atoms. The third-order valence-corrected chi connectivity index (χ3v) is 12.7. The van der Waals surface area contributed by atoms with Crippen LogP contribution < -0.4 is 5.32 Å². The van der Waals surface area contributed by atoms with Gasteiger partial charge in [-0.25, -0.2) is 4.98 Å². The SMILES string of the molecule is CCN1CCCC[C@@H]1C(=O)C[C@H](C(=O)N(C)[C@H](C[C@@H](OC(C)=O)c1nc(C(=O)N[C@@H](Cc2ccc(C)cc2)C[C@H](C)C(=O)OC)cs1)C(C)C)[C@@H](C)C1CC1. The summed E-state index contributed by atoms with van der Waals surface area (Å²) in [7, 11) is 3.16. The highest BCUT2D eigenvalue weighted by molar-refractivity contribution is 7.09. The topological polar surface area (TPSA) is 135 Å². The van der Waals surface area contributed by atoms with Crippen molar-refractivity contribution in [2.75, 3.05) is 27.2 Å². The highest BCUT2D eigenvalue weighted by Crippen LogP contribution is 2.43. The smallest absolute Gasteiger partial charge is 0.308 e. The van der Waals surface area contributed by atoms with Crippen molar-refractivity contribution in [3.05, 3.63) is 51.5 Å². The van der Waals surface area contributed by atoms with Gasteiger partial charge in [-0.05, 0) is 81.9 Å². The summed E-state index contributed by atoms with van der Waals surface area (Å²) in [6, 6.07) is 7.22. The van der Waals surface area contributed by atoms with Crippen LogP contribution in [0.3, 0.4) is 0 Å². The fraction of sp³-hybridized carbons (Fsp3) is 0.674. The van der Waals surface area contributed by atoms with E-state index < -0.39 is 29.8 Å². The number of esters is 2. The first-order chi connectivity index (χ1) is 26.1. The van der Waals surface area contributed by atoms with Crippen molar-refractivity contribution >= 4 is 40.9 Å². The van der Waals surface area contributed by atoms with E-state index in [2.05, 4.69) is 29.0 Å². The Morgan fingerprint density at radius 2 is 1.71 bits per heavy atom. The van der Waals surface area contributed by atoms with Gasteiger partial charge in [0.1, 0.15) is 10.7 Å². The Morgan fingerprint density at radius 3 is 2.31 bits per heavy atom. The van der Waals surface area contributed by atoms with Crippen molar-refractivity contribution in [2.24, 2.45) is 29.6 Å². The summed E-state index contributed by atoms with van der Waals surface area (Å²) in [4.78, 5) is 75.5. The van der Waals surface area contributed by atoms with Crippen LogP contribution in [0.4, 0.5) is 0 Å². The van der Waals surface area contributed by atoms with Crippen molar-refractivity contribution in [1.29, 1.82) is 0 Å². The molecule has 1 N–H and O–H groups in total. The largest absolute Gasteiger partial charge is 0.469 e. The Bertz CT molecular complexity index is 1610. The van der Waals surface area contributed by atoms with Crippen molar-refractivity contribution < 1.29 is 33.4 Å². The fourth-order valence-electron chi connectivity index (χ4n) is 8.18. The molecule has 2 heterocycles. The summed E-state index contributed by atoms with van der Waals surface area (Å²) in [6.45, 7) is 15.2. The average Bonchev–Trinajstić information content (AvgIpc) is 3.90. The lowest BCUT2D eigenvalue weighted by Crippen LogP contribution is -2.49. The van der Waals surface area contributed by atoms with E-state index in [9.17, 15) is 24.0 Å². The van der Waals surface area contributed by atoms with Crippen LogP contribution in [0.15, 0.2) is 29.6 Å². The molecule has 0 spiro atoms. The molecule has 0 unspecified atom stereocenters. The molecular formula is C43H64N4O7S. The van der Waals surface area contributed by atoms with Crippen LogP contribution in [0.2, 0.25) is 0 Å². The summed E-state index contributed by atoms with van der Waals surface area (Å²) in [5.74, 6) is -1.46. The molecule has 2 amide bonds. The predicted molar refractivity (Wildman–Crippen MR) is 214 cm³/mol. The van der Waals surface area contributed by atoms with Crippen molar-refractivity contribution in [3.63, 3.8) is 0 Å². The molecule has 1 aromatic carbocycles. The number of hydrogen-bond donors (Lipinski definition) is 1. The van der Waals surface area contributed by atoms with E-state index in [1.807, 2.05) is 45.0 Å². The van der Waals surface area contributed by atoms with Gasteiger partial charge in [0.2, 0.25) is 5.91 Å². The van der Waals surface area contributed by atoms with Gasteiger partial charge in [0, 0.05) is 50.2 Å². The minimum absolute atomic E-state index is 0.00409. The highest BCUT2D eigenvalue weighted by atomic mass is 32.1. The number of likely N-dealkylation sites (tertiary alicyclic amines) is 1. The molecule has 1 saturated heterocycles. The van der Waals surface area contributed by atoms with Gasteiger partial charge in [-0.3, -0.25) is 28.9 Å². The molecule has 1 aliphatic heterocycles. The third-order valence-electron chi connectivity index (χ3n) is 11.7. The minimum Gasteiger partial charge on any atom is -0.469 e. The summed E-state index contributed by atoms with van der Waals surface area (Å²) >= 11 is 1.23. The lowest BCUT2D eigenvalue weighted by atomic mass is 9.81. The Kier molecular flexibility index (Phi) is 16.4. The molecule has 55 heavy (non-hydrogen) atoms. The van der Waals surface area contributed by atoms with Crippen molar-refractivity contribution in [1.82, 2.24) is 20.1 Å². The Labute approximate surface area is 332 Å². The molecular weight excluding hydrogens is 717 g/mol. The lowest BCUT2D eigenvalue weighted by molar-refractivity contribution is -0.150. The number of nitrogens with zero attached hydrogens (tertiary/aromatic N) is 3. The first kappa shape index (κ1) is 44.1. The molecule has 0 radical (unpaired) electrons. The number of benzene rings is 1. The molecule has 12 heteroatoms. The first-order valence-corrected chi connectivity index (χ1v) is 21.1. The Balaban J connectivity index is 1.52. The molecule has 4 rings (SSSR count). The second kappa shape index (κ2) is 20.5. The molecule has 2 aliphatic rings. The number of amides is 2. The van der Waals surface area contributed by atoms with E-state index in [0.29, 0.717) is 23.8 Å². The second-order valence-electron chi connectivity index (χ2n) is 16.3. The molecule has 304 valence electrons. The molecule has 7 atom stereocenters. The van der Waals surface area contributed by atoms with Gasteiger partial charge >= 0.3 is 11.9 Å². The number of Topliss-reactive ketones (excluding diaryl/α,β-unsaturated/α-hetero) is 1. The van der Waals surface area contributed by atoms with Gasteiger partial charge < -0.3 is 19.7 Å². The van der Waals surface area contributed by atoms with Crippen LogP contribution >= 0.6 is 11.3 Å². The van der Waals surface area contributed by atoms with E-state index >= 15 is 0 Å². The van der Waals surface area contributed by atoms with Gasteiger partial charge in [0.15, 0.2) is 11.9 Å². The number of thiazole rings is 1. The van der Waals surface area contributed by atoms with Crippen LogP contribution in [0.5, 0.6) is 0 Å². The number of aryl methyl sites for hydroxylation is 1.